The van der Waals surface area contributed by atoms with Gasteiger partial charge in [-0.05, 0) is 35.7 Å². The summed E-state index contributed by atoms with van der Waals surface area (Å²) in [5.41, 5.74) is 3.74. The summed E-state index contributed by atoms with van der Waals surface area (Å²) in [5.74, 6) is -0.0537. The Morgan fingerprint density at radius 2 is 1.92 bits per heavy atom. The number of rotatable bonds is 6. The Hall–Kier alpha value is -2.09. The first-order chi connectivity index (χ1) is 12.0. The van der Waals surface area contributed by atoms with E-state index < -0.39 is 4.92 Å². The van der Waals surface area contributed by atoms with Crippen LogP contribution in [0.1, 0.15) is 23.6 Å². The summed E-state index contributed by atoms with van der Waals surface area (Å²) in [6, 6.07) is 12.5. The zero-order chi connectivity index (χ0) is 17.8. The molecule has 1 amide bonds. The van der Waals surface area contributed by atoms with Gasteiger partial charge in [0.2, 0.25) is 5.91 Å². The molecule has 0 fully saturated rings. The highest BCUT2D eigenvalue weighted by Crippen LogP contribution is 2.25. The van der Waals surface area contributed by atoms with Gasteiger partial charge in [-0.3, -0.25) is 14.9 Å². The Morgan fingerprint density at radius 1 is 1.23 bits per heavy atom. The number of carbonyl (C=O) groups excluding carboxylic acids is 1. The van der Waals surface area contributed by atoms with Crippen LogP contribution in [0.3, 0.4) is 0 Å². The molecule has 1 aliphatic rings. The van der Waals surface area contributed by atoms with E-state index in [4.69, 9.17) is 0 Å². The molecule has 3 rings (SSSR count). The number of nitrogens with one attached hydrogen (secondary N) is 2. The van der Waals surface area contributed by atoms with Crippen molar-refractivity contribution in [3.05, 3.63) is 69.3 Å². The minimum absolute atomic E-state index is 0. The molecule has 0 aromatic heterocycles. The molecule has 8 heteroatoms. The predicted molar refractivity (Wildman–Crippen MR) is 104 cm³/mol. The molecular formula is C18H20ClN3O3S. The highest BCUT2D eigenvalue weighted by Gasteiger charge is 2.16. The molecule has 138 valence electrons. The number of benzene rings is 2. The van der Waals surface area contributed by atoms with Crippen molar-refractivity contribution in [3.8, 4) is 0 Å². The highest BCUT2D eigenvalue weighted by atomic mass is 35.5. The van der Waals surface area contributed by atoms with Crippen molar-refractivity contribution in [2.24, 2.45) is 0 Å². The third-order valence-electron chi connectivity index (χ3n) is 4.10. The van der Waals surface area contributed by atoms with Gasteiger partial charge in [-0.1, -0.05) is 18.2 Å². The van der Waals surface area contributed by atoms with Crippen molar-refractivity contribution >= 4 is 35.8 Å². The number of fused-ring (bicyclic) bond motifs is 1. The molecule has 0 aliphatic carbocycles. The Bertz CT molecular complexity index is 799. The topological polar surface area (TPSA) is 84.3 Å². The standard InChI is InChI=1S/C18H19N3O3S.ClH/c1-12(25-17-6-4-16(5-7-17)21(23)24)18(22)20-9-13-2-3-14-10-19-11-15(14)8-13;/h2-8,12,19H,9-11H2,1H3,(H,20,22);1H. The van der Waals surface area contributed by atoms with Gasteiger partial charge < -0.3 is 10.6 Å². The number of non-ortho nitro benzene ring substituents is 1. The average Bonchev–Trinajstić information content (AvgIpc) is 3.07. The van der Waals surface area contributed by atoms with Gasteiger partial charge in [0.05, 0.1) is 10.2 Å². The summed E-state index contributed by atoms with van der Waals surface area (Å²) < 4.78 is 0. The average molecular weight is 394 g/mol. The molecule has 2 aromatic carbocycles. The fraction of sp³-hybridized carbons (Fsp3) is 0.278. The highest BCUT2D eigenvalue weighted by molar-refractivity contribution is 8.00. The quantitative estimate of drug-likeness (QED) is 0.446. The van der Waals surface area contributed by atoms with Gasteiger partial charge in [-0.2, -0.15) is 0 Å². The van der Waals surface area contributed by atoms with Crippen molar-refractivity contribution in [1.82, 2.24) is 10.6 Å². The van der Waals surface area contributed by atoms with E-state index in [1.807, 2.05) is 13.0 Å². The van der Waals surface area contributed by atoms with Gasteiger partial charge in [0.1, 0.15) is 0 Å². The van der Waals surface area contributed by atoms with Crippen LogP contribution in [0.15, 0.2) is 47.4 Å². The molecule has 1 heterocycles. The summed E-state index contributed by atoms with van der Waals surface area (Å²) in [6.45, 7) is 4.11. The fourth-order valence-corrected chi connectivity index (χ4v) is 3.59. The smallest absolute Gasteiger partial charge is 0.269 e. The Morgan fingerprint density at radius 3 is 2.62 bits per heavy atom. The number of nitro groups is 1. The van der Waals surface area contributed by atoms with E-state index in [-0.39, 0.29) is 29.3 Å². The van der Waals surface area contributed by atoms with Gasteiger partial charge in [0.25, 0.3) is 5.69 Å². The lowest BCUT2D eigenvalue weighted by molar-refractivity contribution is -0.384. The maximum absolute atomic E-state index is 12.3. The maximum atomic E-state index is 12.3. The molecule has 26 heavy (non-hydrogen) atoms. The minimum atomic E-state index is -0.434. The number of amides is 1. The molecule has 0 saturated heterocycles. The van der Waals surface area contributed by atoms with Crippen LogP contribution >= 0.6 is 24.2 Å². The monoisotopic (exact) mass is 393 g/mol. The minimum Gasteiger partial charge on any atom is -0.351 e. The molecule has 1 unspecified atom stereocenters. The van der Waals surface area contributed by atoms with Crippen LogP contribution in [-0.4, -0.2) is 16.1 Å². The molecule has 0 spiro atoms. The Balaban J connectivity index is 0.00000243. The van der Waals surface area contributed by atoms with Gasteiger partial charge in [-0.15, -0.1) is 24.2 Å². The van der Waals surface area contributed by atoms with Crippen LogP contribution in [0, 0.1) is 10.1 Å². The lowest BCUT2D eigenvalue weighted by Gasteiger charge is -2.12. The molecule has 6 nitrogen and oxygen atoms in total. The van der Waals surface area contributed by atoms with Crippen LogP contribution in [0.2, 0.25) is 0 Å². The molecule has 2 N–H and O–H groups in total. The molecule has 0 saturated carbocycles. The van der Waals surface area contributed by atoms with Gasteiger partial charge in [0.15, 0.2) is 0 Å². The molecule has 1 aliphatic heterocycles. The van der Waals surface area contributed by atoms with Crippen molar-refractivity contribution in [2.45, 2.75) is 36.7 Å². The zero-order valence-electron chi connectivity index (χ0n) is 14.2. The number of nitro benzene ring substituents is 1. The molecule has 2 aromatic rings. The lowest BCUT2D eigenvalue weighted by atomic mass is 10.1. The lowest BCUT2D eigenvalue weighted by Crippen LogP contribution is -2.30. The van der Waals surface area contributed by atoms with E-state index >= 15 is 0 Å². The van der Waals surface area contributed by atoms with E-state index in [1.54, 1.807) is 12.1 Å². The molecular weight excluding hydrogens is 374 g/mol. The number of thioether (sulfide) groups is 1. The van der Waals surface area contributed by atoms with Crippen molar-refractivity contribution in [3.63, 3.8) is 0 Å². The van der Waals surface area contributed by atoms with Crippen LogP contribution in [0.25, 0.3) is 0 Å². The number of halogens is 1. The first-order valence-corrected chi connectivity index (χ1v) is 8.91. The van der Waals surface area contributed by atoms with Crippen molar-refractivity contribution in [1.29, 1.82) is 0 Å². The van der Waals surface area contributed by atoms with E-state index in [1.165, 1.54) is 35.0 Å². The number of hydrogen-bond acceptors (Lipinski definition) is 5. The van der Waals surface area contributed by atoms with Crippen LogP contribution < -0.4 is 10.6 Å². The first-order valence-electron chi connectivity index (χ1n) is 8.03. The molecule has 0 radical (unpaired) electrons. The van der Waals surface area contributed by atoms with Crippen LogP contribution in [0.4, 0.5) is 5.69 Å². The van der Waals surface area contributed by atoms with Crippen LogP contribution in [0.5, 0.6) is 0 Å². The molecule has 0 bridgehead atoms. The summed E-state index contributed by atoms with van der Waals surface area (Å²) in [4.78, 5) is 23.3. The molecule has 1 atom stereocenters. The van der Waals surface area contributed by atoms with E-state index in [2.05, 4.69) is 22.8 Å². The van der Waals surface area contributed by atoms with Crippen molar-refractivity contribution < 1.29 is 9.72 Å². The van der Waals surface area contributed by atoms with Crippen molar-refractivity contribution in [2.75, 3.05) is 0 Å². The second-order valence-corrected chi connectivity index (χ2v) is 7.35. The summed E-state index contributed by atoms with van der Waals surface area (Å²) in [5, 5.41) is 16.6. The van der Waals surface area contributed by atoms with E-state index in [0.29, 0.717) is 6.54 Å². The predicted octanol–water partition coefficient (Wildman–Crippen LogP) is 3.42. The number of carbonyl (C=O) groups is 1. The third kappa shape index (κ3) is 4.97. The Kier molecular flexibility index (Phi) is 7.02. The number of nitrogens with zero attached hydrogens (tertiary/aromatic N) is 1. The summed E-state index contributed by atoms with van der Waals surface area (Å²) in [7, 11) is 0. The first kappa shape index (κ1) is 20.2. The van der Waals surface area contributed by atoms with E-state index in [9.17, 15) is 14.9 Å². The van der Waals surface area contributed by atoms with Gasteiger partial charge >= 0.3 is 0 Å². The second kappa shape index (κ2) is 9.02. The normalized spacial score (nSPS) is 13.4. The maximum Gasteiger partial charge on any atom is 0.269 e. The Labute approximate surface area is 162 Å². The SMILES string of the molecule is CC(Sc1ccc([N+](=O)[O-])cc1)C(=O)NCc1ccc2c(c1)CNC2.Cl. The summed E-state index contributed by atoms with van der Waals surface area (Å²) >= 11 is 1.38. The third-order valence-corrected chi connectivity index (χ3v) is 5.21. The fourth-order valence-electron chi connectivity index (χ4n) is 2.70. The van der Waals surface area contributed by atoms with Gasteiger partial charge in [-0.25, -0.2) is 0 Å². The summed E-state index contributed by atoms with van der Waals surface area (Å²) in [6.07, 6.45) is 0. The second-order valence-electron chi connectivity index (χ2n) is 5.94. The van der Waals surface area contributed by atoms with E-state index in [0.717, 1.165) is 23.5 Å². The van der Waals surface area contributed by atoms with Gasteiger partial charge in [0, 0.05) is 36.7 Å². The zero-order valence-corrected chi connectivity index (χ0v) is 15.9. The largest absolute Gasteiger partial charge is 0.351 e. The van der Waals surface area contributed by atoms with Crippen LogP contribution in [-0.2, 0) is 24.4 Å². The number of hydrogen-bond donors (Lipinski definition) is 2.